The summed E-state index contributed by atoms with van der Waals surface area (Å²) in [6, 6.07) is 4.69. The van der Waals surface area contributed by atoms with Crippen LogP contribution < -0.4 is 20.9 Å². The lowest BCUT2D eigenvalue weighted by Gasteiger charge is -2.10. The summed E-state index contributed by atoms with van der Waals surface area (Å²) in [5.41, 5.74) is 5.41. The summed E-state index contributed by atoms with van der Waals surface area (Å²) >= 11 is 0. The zero-order valence-corrected chi connectivity index (χ0v) is 12.4. The van der Waals surface area contributed by atoms with Gasteiger partial charge in [0.2, 0.25) is 0 Å². The molecule has 0 fully saturated rings. The summed E-state index contributed by atoms with van der Waals surface area (Å²) in [7, 11) is 1.50. The van der Waals surface area contributed by atoms with Crippen LogP contribution in [0, 0.1) is 6.92 Å². The molecule has 0 spiro atoms. The molecule has 0 atom stereocenters. The molecule has 7 heteroatoms. The van der Waals surface area contributed by atoms with Gasteiger partial charge in [-0.05, 0) is 38.5 Å². The van der Waals surface area contributed by atoms with Crippen LogP contribution in [0.2, 0.25) is 0 Å². The minimum absolute atomic E-state index is 0.166. The highest BCUT2D eigenvalue weighted by Crippen LogP contribution is 2.18. The van der Waals surface area contributed by atoms with Crippen molar-refractivity contribution in [3.8, 4) is 5.75 Å². The minimum Gasteiger partial charge on any atom is -0.496 e. The Morgan fingerprint density at radius 3 is 2.33 bits per heavy atom. The zero-order valence-electron chi connectivity index (χ0n) is 12.4. The molecule has 0 aliphatic carbocycles. The van der Waals surface area contributed by atoms with E-state index in [1.165, 1.54) is 7.11 Å². The Morgan fingerprint density at radius 1 is 1.10 bits per heavy atom. The molecule has 0 aliphatic rings. The van der Waals surface area contributed by atoms with Gasteiger partial charge in [-0.15, -0.1) is 0 Å². The molecule has 0 aromatic heterocycles. The minimum atomic E-state index is -0.934. The summed E-state index contributed by atoms with van der Waals surface area (Å²) < 4.78 is 5.11. The van der Waals surface area contributed by atoms with E-state index in [-0.39, 0.29) is 6.04 Å². The van der Waals surface area contributed by atoms with Crippen molar-refractivity contribution in [2.24, 2.45) is 0 Å². The number of nitrogens with one attached hydrogen (secondary N) is 3. The molecule has 7 nitrogen and oxygen atoms in total. The van der Waals surface area contributed by atoms with E-state index >= 15 is 0 Å². The van der Waals surface area contributed by atoms with Crippen molar-refractivity contribution in [1.82, 2.24) is 16.2 Å². The van der Waals surface area contributed by atoms with Gasteiger partial charge < -0.3 is 10.1 Å². The fourth-order valence-corrected chi connectivity index (χ4v) is 1.53. The van der Waals surface area contributed by atoms with E-state index in [0.717, 1.165) is 5.56 Å². The second-order valence-electron chi connectivity index (χ2n) is 4.72. The first kappa shape index (κ1) is 16.5. The van der Waals surface area contributed by atoms with Crippen LogP contribution in [0.15, 0.2) is 18.2 Å². The van der Waals surface area contributed by atoms with Gasteiger partial charge in [0.1, 0.15) is 5.75 Å². The van der Waals surface area contributed by atoms with Gasteiger partial charge in [0.15, 0.2) is 0 Å². The van der Waals surface area contributed by atoms with Crippen LogP contribution in [-0.2, 0) is 9.59 Å². The maximum atomic E-state index is 11.9. The van der Waals surface area contributed by atoms with Gasteiger partial charge in [-0.2, -0.15) is 0 Å². The molecule has 0 heterocycles. The molecule has 0 radical (unpaired) electrons. The SMILES string of the molecule is COc1cc(C(=O)NNC(=O)C(=O)NC(C)C)ccc1C. The number of hydrazine groups is 1. The molecule has 0 saturated carbocycles. The van der Waals surface area contributed by atoms with E-state index in [4.69, 9.17) is 4.74 Å². The highest BCUT2D eigenvalue weighted by atomic mass is 16.5. The molecule has 0 unspecified atom stereocenters. The fraction of sp³-hybridized carbons (Fsp3) is 0.357. The van der Waals surface area contributed by atoms with Crippen molar-refractivity contribution in [3.63, 3.8) is 0 Å². The molecule has 1 aromatic carbocycles. The third kappa shape index (κ3) is 4.79. The van der Waals surface area contributed by atoms with Gasteiger partial charge in [-0.1, -0.05) is 6.07 Å². The predicted molar refractivity (Wildman–Crippen MR) is 76.6 cm³/mol. The van der Waals surface area contributed by atoms with Crippen molar-refractivity contribution in [1.29, 1.82) is 0 Å². The van der Waals surface area contributed by atoms with Gasteiger partial charge in [-0.25, -0.2) is 0 Å². The smallest absolute Gasteiger partial charge is 0.327 e. The molecule has 0 aliphatic heterocycles. The number of aryl methyl sites for hydroxylation is 1. The first-order chi connectivity index (χ1) is 9.85. The van der Waals surface area contributed by atoms with Crippen molar-refractivity contribution in [3.05, 3.63) is 29.3 Å². The first-order valence-corrected chi connectivity index (χ1v) is 6.41. The summed E-state index contributed by atoms with van der Waals surface area (Å²) in [6.45, 7) is 5.29. The molecule has 3 amide bonds. The van der Waals surface area contributed by atoms with E-state index in [1.807, 2.05) is 12.3 Å². The van der Waals surface area contributed by atoms with E-state index in [1.54, 1.807) is 32.0 Å². The van der Waals surface area contributed by atoms with E-state index in [0.29, 0.717) is 11.3 Å². The molecule has 0 saturated heterocycles. The van der Waals surface area contributed by atoms with Gasteiger partial charge in [0.05, 0.1) is 7.11 Å². The topological polar surface area (TPSA) is 96.5 Å². The molecule has 21 heavy (non-hydrogen) atoms. The largest absolute Gasteiger partial charge is 0.496 e. The second kappa shape index (κ2) is 7.28. The van der Waals surface area contributed by atoms with Crippen molar-refractivity contribution < 1.29 is 19.1 Å². The standard InChI is InChI=1S/C14H19N3O4/c1-8(2)15-13(19)14(20)17-16-12(18)10-6-5-9(3)11(7-10)21-4/h5-8H,1-4H3,(H,15,19)(H,16,18)(H,17,20). The Kier molecular flexibility index (Phi) is 5.71. The summed E-state index contributed by atoms with van der Waals surface area (Å²) in [6.07, 6.45) is 0. The first-order valence-electron chi connectivity index (χ1n) is 6.41. The average molecular weight is 293 g/mol. The highest BCUT2D eigenvalue weighted by molar-refractivity contribution is 6.35. The monoisotopic (exact) mass is 293 g/mol. The Hall–Kier alpha value is -2.57. The molecule has 0 bridgehead atoms. The number of carbonyl (C=O) groups is 3. The Bertz CT molecular complexity index is 555. The number of amides is 3. The summed E-state index contributed by atoms with van der Waals surface area (Å²) in [5, 5.41) is 2.41. The molecule has 114 valence electrons. The fourth-order valence-electron chi connectivity index (χ4n) is 1.53. The van der Waals surface area contributed by atoms with Crippen molar-refractivity contribution in [2.45, 2.75) is 26.8 Å². The lowest BCUT2D eigenvalue weighted by Crippen LogP contribution is -2.49. The van der Waals surface area contributed by atoms with Crippen LogP contribution in [0.5, 0.6) is 5.75 Å². The molecule has 1 aromatic rings. The highest BCUT2D eigenvalue weighted by Gasteiger charge is 2.15. The number of hydrogen-bond donors (Lipinski definition) is 3. The van der Waals surface area contributed by atoms with E-state index in [2.05, 4.69) is 10.7 Å². The maximum absolute atomic E-state index is 11.9. The molecule has 3 N–H and O–H groups in total. The Morgan fingerprint density at radius 2 is 1.76 bits per heavy atom. The van der Waals surface area contributed by atoms with Crippen LogP contribution in [-0.4, -0.2) is 30.9 Å². The van der Waals surface area contributed by atoms with E-state index in [9.17, 15) is 14.4 Å². The lowest BCUT2D eigenvalue weighted by atomic mass is 10.1. The van der Waals surface area contributed by atoms with Crippen LogP contribution in [0.4, 0.5) is 0 Å². The third-order valence-electron chi connectivity index (χ3n) is 2.59. The van der Waals surface area contributed by atoms with Crippen molar-refractivity contribution >= 4 is 17.7 Å². The Balaban J connectivity index is 2.62. The van der Waals surface area contributed by atoms with Gasteiger partial charge in [-0.3, -0.25) is 25.2 Å². The quantitative estimate of drug-likeness (QED) is 0.551. The number of rotatable bonds is 3. The molecular formula is C14H19N3O4. The number of benzene rings is 1. The molecular weight excluding hydrogens is 274 g/mol. The third-order valence-corrected chi connectivity index (χ3v) is 2.59. The lowest BCUT2D eigenvalue weighted by molar-refractivity contribution is -0.139. The normalized spacial score (nSPS) is 9.95. The Labute approximate surface area is 123 Å². The van der Waals surface area contributed by atoms with Gasteiger partial charge in [0, 0.05) is 11.6 Å². The second-order valence-corrected chi connectivity index (χ2v) is 4.72. The number of ether oxygens (including phenoxy) is 1. The number of hydrogen-bond acceptors (Lipinski definition) is 4. The van der Waals surface area contributed by atoms with Gasteiger partial charge >= 0.3 is 11.8 Å². The number of methoxy groups -OCH3 is 1. The van der Waals surface area contributed by atoms with E-state index < -0.39 is 17.7 Å². The van der Waals surface area contributed by atoms with Crippen LogP contribution >= 0.6 is 0 Å². The predicted octanol–water partition coefficient (Wildman–Crippen LogP) is 0.289. The van der Waals surface area contributed by atoms with Crippen LogP contribution in [0.3, 0.4) is 0 Å². The average Bonchev–Trinajstić information content (AvgIpc) is 2.44. The summed E-state index contributed by atoms with van der Waals surface area (Å²) in [4.78, 5) is 34.6. The maximum Gasteiger partial charge on any atom is 0.327 e. The van der Waals surface area contributed by atoms with Crippen LogP contribution in [0.25, 0.3) is 0 Å². The molecule has 1 rings (SSSR count). The van der Waals surface area contributed by atoms with Gasteiger partial charge in [0.25, 0.3) is 5.91 Å². The number of carbonyl (C=O) groups excluding carboxylic acids is 3. The summed E-state index contributed by atoms with van der Waals surface area (Å²) in [5.74, 6) is -1.73. The van der Waals surface area contributed by atoms with Crippen molar-refractivity contribution in [2.75, 3.05) is 7.11 Å². The van der Waals surface area contributed by atoms with Crippen LogP contribution in [0.1, 0.15) is 29.8 Å². The zero-order chi connectivity index (χ0) is 16.0.